The second kappa shape index (κ2) is 10.7. The van der Waals surface area contributed by atoms with Crippen LogP contribution in [0, 0.1) is 41.1 Å². The summed E-state index contributed by atoms with van der Waals surface area (Å²) in [5.41, 5.74) is 0.581. The molecule has 0 atom stereocenters. The van der Waals surface area contributed by atoms with Gasteiger partial charge in [-0.05, 0) is 54.2 Å². The summed E-state index contributed by atoms with van der Waals surface area (Å²) in [6.07, 6.45) is 18.1. The van der Waals surface area contributed by atoms with Gasteiger partial charge >= 0.3 is 0 Å². The monoisotopic (exact) mass is 394 g/mol. The molecule has 0 bridgehead atoms. The molecule has 2 aliphatic carbocycles. The van der Waals surface area contributed by atoms with Gasteiger partial charge in [-0.1, -0.05) is 84.0 Å². The van der Waals surface area contributed by atoms with Crippen molar-refractivity contribution in [1.29, 1.82) is 0 Å². The molecule has 1 aromatic rings. The van der Waals surface area contributed by atoms with Gasteiger partial charge in [-0.3, -0.25) is 0 Å². The van der Waals surface area contributed by atoms with Crippen LogP contribution in [-0.4, -0.2) is 0 Å². The van der Waals surface area contributed by atoms with Crippen LogP contribution < -0.4 is 0 Å². The minimum absolute atomic E-state index is 0.581. The number of benzene rings is 1. The predicted molar refractivity (Wildman–Crippen MR) is 110 cm³/mol. The van der Waals surface area contributed by atoms with Crippen LogP contribution in [0.5, 0.6) is 0 Å². The van der Waals surface area contributed by atoms with E-state index in [9.17, 15) is 13.2 Å². The molecule has 2 fully saturated rings. The van der Waals surface area contributed by atoms with Crippen molar-refractivity contribution >= 4 is 0 Å². The van der Waals surface area contributed by atoms with Crippen LogP contribution in [0.15, 0.2) is 12.1 Å². The number of aryl methyl sites for hydroxylation is 1. The first-order chi connectivity index (χ1) is 13.5. The maximum absolute atomic E-state index is 13.3. The highest BCUT2D eigenvalue weighted by Crippen LogP contribution is 2.38. The van der Waals surface area contributed by atoms with E-state index in [1.165, 1.54) is 77.0 Å². The lowest BCUT2D eigenvalue weighted by Crippen LogP contribution is -2.18. The number of halogens is 3. The fourth-order valence-corrected chi connectivity index (χ4v) is 5.62. The third kappa shape index (κ3) is 6.26. The summed E-state index contributed by atoms with van der Waals surface area (Å²) in [6, 6.07) is 2.30. The van der Waals surface area contributed by atoms with Crippen LogP contribution in [0.3, 0.4) is 0 Å². The van der Waals surface area contributed by atoms with Crippen molar-refractivity contribution in [2.45, 2.75) is 96.8 Å². The van der Waals surface area contributed by atoms with Gasteiger partial charge in [0.15, 0.2) is 17.5 Å². The molecule has 1 aromatic carbocycles. The average Bonchev–Trinajstić information content (AvgIpc) is 2.71. The highest BCUT2D eigenvalue weighted by Gasteiger charge is 2.24. The van der Waals surface area contributed by atoms with E-state index in [1.807, 2.05) is 0 Å². The Kier molecular flexibility index (Phi) is 8.29. The predicted octanol–water partition coefficient (Wildman–Crippen LogP) is 8.23. The molecule has 3 rings (SSSR count). The molecule has 0 nitrogen and oxygen atoms in total. The van der Waals surface area contributed by atoms with Crippen molar-refractivity contribution in [3.8, 4) is 0 Å². The Bertz CT molecular complexity index is 573. The van der Waals surface area contributed by atoms with Crippen LogP contribution in [0.4, 0.5) is 13.2 Å². The molecule has 0 spiro atoms. The van der Waals surface area contributed by atoms with Gasteiger partial charge < -0.3 is 0 Å². The Morgan fingerprint density at radius 1 is 0.643 bits per heavy atom. The molecular weight excluding hydrogens is 357 g/mol. The Morgan fingerprint density at radius 2 is 1.04 bits per heavy atom. The minimum atomic E-state index is -1.36. The fourth-order valence-electron chi connectivity index (χ4n) is 5.62. The third-order valence-corrected chi connectivity index (χ3v) is 7.50. The van der Waals surface area contributed by atoms with Gasteiger partial charge in [0.2, 0.25) is 0 Å². The molecule has 0 heterocycles. The molecule has 0 aromatic heterocycles. The summed E-state index contributed by atoms with van der Waals surface area (Å²) >= 11 is 0. The van der Waals surface area contributed by atoms with Gasteiger partial charge in [0.1, 0.15) is 0 Å². The smallest absolute Gasteiger partial charge is 0.194 e. The summed E-state index contributed by atoms with van der Waals surface area (Å²) < 4.78 is 39.7. The second-order valence-electron chi connectivity index (χ2n) is 9.55. The van der Waals surface area contributed by atoms with Gasteiger partial charge in [0, 0.05) is 0 Å². The quantitative estimate of drug-likeness (QED) is 0.390. The van der Waals surface area contributed by atoms with E-state index in [1.54, 1.807) is 0 Å². The zero-order chi connectivity index (χ0) is 19.9. The Hall–Kier alpha value is -0.990. The van der Waals surface area contributed by atoms with Crippen molar-refractivity contribution < 1.29 is 13.2 Å². The minimum Gasteiger partial charge on any atom is -0.204 e. The molecule has 0 aliphatic heterocycles. The molecule has 0 N–H and O–H groups in total. The van der Waals surface area contributed by atoms with E-state index in [4.69, 9.17) is 0 Å². The van der Waals surface area contributed by atoms with Gasteiger partial charge in [0.25, 0.3) is 0 Å². The highest BCUT2D eigenvalue weighted by atomic mass is 19.2. The molecule has 0 amide bonds. The zero-order valence-corrected chi connectivity index (χ0v) is 17.5. The van der Waals surface area contributed by atoms with Crippen LogP contribution in [0.1, 0.15) is 96.0 Å². The summed E-state index contributed by atoms with van der Waals surface area (Å²) in [5.74, 6) is 0.00376. The molecule has 3 heteroatoms. The van der Waals surface area contributed by atoms with Crippen LogP contribution >= 0.6 is 0 Å². The molecule has 158 valence electrons. The first kappa shape index (κ1) is 21.7. The van der Waals surface area contributed by atoms with E-state index in [2.05, 4.69) is 6.92 Å². The fraction of sp³-hybridized carbons (Fsp3) is 0.760. The standard InChI is InChI=1S/C25H37F3/c1-2-3-18-4-6-19(7-5-18)8-9-20-10-12-21(13-11-20)14-15-22-16-23(26)25(28)24(27)17-22/h16-21H,2-15H2,1H3. The van der Waals surface area contributed by atoms with Gasteiger partial charge in [-0.15, -0.1) is 0 Å². The largest absolute Gasteiger partial charge is 0.204 e. The Morgan fingerprint density at radius 3 is 1.46 bits per heavy atom. The summed E-state index contributed by atoms with van der Waals surface area (Å²) in [6.45, 7) is 2.30. The van der Waals surface area contributed by atoms with Crippen molar-refractivity contribution in [3.05, 3.63) is 35.1 Å². The third-order valence-electron chi connectivity index (χ3n) is 7.50. The Labute approximate surface area is 169 Å². The van der Waals surface area contributed by atoms with Gasteiger partial charge in [-0.25, -0.2) is 13.2 Å². The van der Waals surface area contributed by atoms with Gasteiger partial charge in [-0.2, -0.15) is 0 Å². The lowest BCUT2D eigenvalue weighted by Gasteiger charge is -2.32. The Balaban J connectivity index is 1.32. The topological polar surface area (TPSA) is 0 Å². The van der Waals surface area contributed by atoms with E-state index in [-0.39, 0.29) is 0 Å². The normalized spacial score (nSPS) is 28.4. The lowest BCUT2D eigenvalue weighted by atomic mass is 9.74. The van der Waals surface area contributed by atoms with E-state index in [0.717, 1.165) is 36.3 Å². The van der Waals surface area contributed by atoms with Crippen LogP contribution in [-0.2, 0) is 6.42 Å². The summed E-state index contributed by atoms with van der Waals surface area (Å²) in [5, 5.41) is 0. The SMILES string of the molecule is CCCC1CCC(CCC2CCC(CCc3cc(F)c(F)c(F)c3)CC2)CC1. The van der Waals surface area contributed by atoms with Crippen molar-refractivity contribution in [1.82, 2.24) is 0 Å². The van der Waals surface area contributed by atoms with Crippen molar-refractivity contribution in [2.24, 2.45) is 23.7 Å². The average molecular weight is 395 g/mol. The maximum Gasteiger partial charge on any atom is 0.194 e. The first-order valence-electron chi connectivity index (χ1n) is 11.7. The lowest BCUT2D eigenvalue weighted by molar-refractivity contribution is 0.209. The molecule has 2 aliphatic rings. The summed E-state index contributed by atoms with van der Waals surface area (Å²) in [4.78, 5) is 0. The highest BCUT2D eigenvalue weighted by molar-refractivity contribution is 5.19. The number of hydrogen-bond acceptors (Lipinski definition) is 0. The maximum atomic E-state index is 13.3. The van der Waals surface area contributed by atoms with Crippen LogP contribution in [0.2, 0.25) is 0 Å². The zero-order valence-electron chi connectivity index (χ0n) is 17.5. The molecule has 2 saturated carbocycles. The van der Waals surface area contributed by atoms with E-state index in [0.29, 0.717) is 17.9 Å². The van der Waals surface area contributed by atoms with Gasteiger partial charge in [0.05, 0.1) is 0 Å². The van der Waals surface area contributed by atoms with Crippen molar-refractivity contribution in [3.63, 3.8) is 0 Å². The molecule has 0 radical (unpaired) electrons. The van der Waals surface area contributed by atoms with E-state index < -0.39 is 17.5 Å². The first-order valence-corrected chi connectivity index (χ1v) is 11.7. The molecule has 28 heavy (non-hydrogen) atoms. The van der Waals surface area contributed by atoms with E-state index >= 15 is 0 Å². The molecule has 0 unspecified atom stereocenters. The summed E-state index contributed by atoms with van der Waals surface area (Å²) in [7, 11) is 0. The number of hydrogen-bond donors (Lipinski definition) is 0. The second-order valence-corrected chi connectivity index (χ2v) is 9.55. The van der Waals surface area contributed by atoms with Crippen molar-refractivity contribution in [2.75, 3.05) is 0 Å². The number of rotatable bonds is 8. The molecular formula is C25H37F3. The molecule has 0 saturated heterocycles. The van der Waals surface area contributed by atoms with Crippen LogP contribution in [0.25, 0.3) is 0 Å².